The van der Waals surface area contributed by atoms with Crippen LogP contribution in [0.15, 0.2) is 12.2 Å². The Balaban J connectivity index is 2.40. The monoisotopic (exact) mass is 200 g/mol. The van der Waals surface area contributed by atoms with Crippen molar-refractivity contribution in [2.24, 2.45) is 0 Å². The van der Waals surface area contributed by atoms with Gasteiger partial charge in [0.25, 0.3) is 0 Å². The van der Waals surface area contributed by atoms with Gasteiger partial charge in [0.2, 0.25) is 6.10 Å². The standard InChI is InChI=1S/C9H12O5/c1-6(5-12-2)8(10)14-7-3-4-13-9(7)11/h7H,1,3-5H2,2H3. The largest absolute Gasteiger partial charge is 0.463 e. The van der Waals surface area contributed by atoms with Gasteiger partial charge >= 0.3 is 11.9 Å². The molecule has 0 N–H and O–H groups in total. The van der Waals surface area contributed by atoms with Crippen molar-refractivity contribution >= 4 is 11.9 Å². The lowest BCUT2D eigenvalue weighted by Crippen LogP contribution is -2.24. The van der Waals surface area contributed by atoms with E-state index in [1.165, 1.54) is 7.11 Å². The van der Waals surface area contributed by atoms with Gasteiger partial charge in [-0.15, -0.1) is 0 Å². The first-order valence-corrected chi connectivity index (χ1v) is 4.19. The van der Waals surface area contributed by atoms with Crippen LogP contribution >= 0.6 is 0 Å². The number of carbonyl (C=O) groups excluding carboxylic acids is 2. The number of rotatable bonds is 4. The fraction of sp³-hybridized carbons (Fsp3) is 0.556. The van der Waals surface area contributed by atoms with Gasteiger partial charge in [0, 0.05) is 13.5 Å². The lowest BCUT2D eigenvalue weighted by atomic mass is 10.3. The maximum absolute atomic E-state index is 11.2. The summed E-state index contributed by atoms with van der Waals surface area (Å²) < 4.78 is 14.2. The van der Waals surface area contributed by atoms with E-state index in [1.54, 1.807) is 0 Å². The SMILES string of the molecule is C=C(COC)C(=O)OC1CCOC1=O. The fourth-order valence-electron chi connectivity index (χ4n) is 1.03. The van der Waals surface area contributed by atoms with Crippen molar-refractivity contribution in [1.29, 1.82) is 0 Å². The van der Waals surface area contributed by atoms with Crippen LogP contribution in [0.3, 0.4) is 0 Å². The Bertz CT molecular complexity index is 258. The highest BCUT2D eigenvalue weighted by atomic mass is 16.6. The minimum Gasteiger partial charge on any atom is -0.463 e. The van der Waals surface area contributed by atoms with Crippen LogP contribution in [-0.2, 0) is 23.8 Å². The molecule has 0 amide bonds. The molecule has 14 heavy (non-hydrogen) atoms. The van der Waals surface area contributed by atoms with Gasteiger partial charge in [-0.05, 0) is 0 Å². The Morgan fingerprint density at radius 2 is 2.43 bits per heavy atom. The van der Waals surface area contributed by atoms with E-state index in [2.05, 4.69) is 11.3 Å². The molecule has 1 aliphatic heterocycles. The molecule has 1 unspecified atom stereocenters. The molecule has 5 heteroatoms. The third-order valence-corrected chi connectivity index (χ3v) is 1.74. The summed E-state index contributed by atoms with van der Waals surface area (Å²) in [5.74, 6) is -1.11. The van der Waals surface area contributed by atoms with Crippen LogP contribution in [0.5, 0.6) is 0 Å². The van der Waals surface area contributed by atoms with E-state index in [4.69, 9.17) is 9.47 Å². The van der Waals surface area contributed by atoms with Crippen LogP contribution in [0.25, 0.3) is 0 Å². The molecule has 0 aliphatic carbocycles. The summed E-state index contributed by atoms with van der Waals surface area (Å²) in [4.78, 5) is 22.2. The van der Waals surface area contributed by atoms with Crippen LogP contribution in [-0.4, -0.2) is 38.4 Å². The van der Waals surface area contributed by atoms with Crippen LogP contribution in [0.1, 0.15) is 6.42 Å². The number of esters is 2. The molecule has 5 nitrogen and oxygen atoms in total. The first kappa shape index (κ1) is 10.7. The van der Waals surface area contributed by atoms with E-state index in [0.717, 1.165) is 0 Å². The van der Waals surface area contributed by atoms with Crippen molar-refractivity contribution in [1.82, 2.24) is 0 Å². The molecule has 1 saturated heterocycles. The first-order valence-electron chi connectivity index (χ1n) is 4.19. The fourth-order valence-corrected chi connectivity index (χ4v) is 1.03. The zero-order valence-corrected chi connectivity index (χ0v) is 7.95. The zero-order valence-electron chi connectivity index (χ0n) is 7.95. The highest BCUT2D eigenvalue weighted by Crippen LogP contribution is 2.11. The third-order valence-electron chi connectivity index (χ3n) is 1.74. The lowest BCUT2D eigenvalue weighted by Gasteiger charge is -2.09. The van der Waals surface area contributed by atoms with Gasteiger partial charge in [-0.25, -0.2) is 9.59 Å². The molecule has 1 fully saturated rings. The maximum atomic E-state index is 11.2. The summed E-state index contributed by atoms with van der Waals surface area (Å²) in [5.41, 5.74) is 0.187. The second-order valence-corrected chi connectivity index (χ2v) is 2.89. The van der Waals surface area contributed by atoms with Crippen molar-refractivity contribution in [3.8, 4) is 0 Å². The van der Waals surface area contributed by atoms with Crippen molar-refractivity contribution in [2.75, 3.05) is 20.3 Å². The average Bonchev–Trinajstić information content (AvgIpc) is 2.52. The molecule has 0 aromatic rings. The highest BCUT2D eigenvalue weighted by Gasteiger charge is 2.30. The van der Waals surface area contributed by atoms with Crippen LogP contribution < -0.4 is 0 Å². The Hall–Kier alpha value is -1.36. The molecule has 0 aromatic heterocycles. The summed E-state index contributed by atoms with van der Waals surface area (Å²) in [6, 6.07) is 0. The van der Waals surface area contributed by atoms with Gasteiger partial charge in [0.05, 0.1) is 18.8 Å². The lowest BCUT2D eigenvalue weighted by molar-refractivity contribution is -0.157. The molecule has 1 atom stereocenters. The molecule has 0 radical (unpaired) electrons. The zero-order chi connectivity index (χ0) is 10.6. The molecule has 0 spiro atoms. The van der Waals surface area contributed by atoms with Crippen LogP contribution in [0, 0.1) is 0 Å². The highest BCUT2D eigenvalue weighted by molar-refractivity contribution is 5.90. The Morgan fingerprint density at radius 1 is 1.71 bits per heavy atom. The smallest absolute Gasteiger partial charge is 0.347 e. The Morgan fingerprint density at radius 3 is 2.93 bits per heavy atom. The number of hydrogen-bond donors (Lipinski definition) is 0. The molecule has 1 rings (SSSR count). The van der Waals surface area contributed by atoms with Crippen molar-refractivity contribution in [2.45, 2.75) is 12.5 Å². The van der Waals surface area contributed by atoms with E-state index in [-0.39, 0.29) is 12.2 Å². The molecule has 0 bridgehead atoms. The second kappa shape index (κ2) is 4.76. The van der Waals surface area contributed by atoms with Crippen LogP contribution in [0.2, 0.25) is 0 Å². The summed E-state index contributed by atoms with van der Waals surface area (Å²) in [5, 5.41) is 0. The number of hydrogen-bond acceptors (Lipinski definition) is 5. The van der Waals surface area contributed by atoms with Gasteiger partial charge in [0.15, 0.2) is 0 Å². The number of carbonyl (C=O) groups is 2. The maximum Gasteiger partial charge on any atom is 0.347 e. The predicted octanol–water partition coefficient (Wildman–Crippen LogP) is 0.0477. The average molecular weight is 200 g/mol. The van der Waals surface area contributed by atoms with E-state index in [1.807, 2.05) is 0 Å². The summed E-state index contributed by atoms with van der Waals surface area (Å²) in [6.45, 7) is 3.86. The molecule has 0 saturated carbocycles. The number of cyclic esters (lactones) is 1. The van der Waals surface area contributed by atoms with E-state index < -0.39 is 18.0 Å². The van der Waals surface area contributed by atoms with Gasteiger partial charge in [-0.2, -0.15) is 0 Å². The van der Waals surface area contributed by atoms with E-state index in [9.17, 15) is 9.59 Å². The Kier molecular flexibility index (Phi) is 3.64. The molecular weight excluding hydrogens is 188 g/mol. The van der Waals surface area contributed by atoms with Crippen LogP contribution in [0.4, 0.5) is 0 Å². The number of methoxy groups -OCH3 is 1. The van der Waals surface area contributed by atoms with Gasteiger partial charge in [-0.1, -0.05) is 6.58 Å². The minimum atomic E-state index is -0.781. The topological polar surface area (TPSA) is 61.8 Å². The summed E-state index contributed by atoms with van der Waals surface area (Å²) in [6.07, 6.45) is -0.374. The third kappa shape index (κ3) is 2.56. The predicted molar refractivity (Wildman–Crippen MR) is 46.5 cm³/mol. The first-order chi connectivity index (χ1) is 6.65. The quantitative estimate of drug-likeness (QED) is 0.474. The summed E-state index contributed by atoms with van der Waals surface area (Å²) in [7, 11) is 1.45. The van der Waals surface area contributed by atoms with E-state index in [0.29, 0.717) is 13.0 Å². The minimum absolute atomic E-state index is 0.0978. The van der Waals surface area contributed by atoms with Gasteiger partial charge in [0.1, 0.15) is 0 Å². The molecule has 1 aliphatic rings. The van der Waals surface area contributed by atoms with E-state index >= 15 is 0 Å². The van der Waals surface area contributed by atoms with Crippen molar-refractivity contribution < 1.29 is 23.8 Å². The molecular formula is C9H12O5. The molecule has 0 aromatic carbocycles. The number of ether oxygens (including phenoxy) is 3. The summed E-state index contributed by atoms with van der Waals surface area (Å²) >= 11 is 0. The van der Waals surface area contributed by atoms with Gasteiger partial charge in [-0.3, -0.25) is 0 Å². The molecule has 78 valence electrons. The van der Waals surface area contributed by atoms with Crippen molar-refractivity contribution in [3.63, 3.8) is 0 Å². The normalized spacial score (nSPS) is 20.4. The molecule has 1 heterocycles. The second-order valence-electron chi connectivity index (χ2n) is 2.89. The van der Waals surface area contributed by atoms with Gasteiger partial charge < -0.3 is 14.2 Å². The Labute approximate surface area is 81.6 Å². The van der Waals surface area contributed by atoms with Crippen molar-refractivity contribution in [3.05, 3.63) is 12.2 Å².